The van der Waals surface area contributed by atoms with E-state index in [0.29, 0.717) is 65.5 Å². The maximum Gasteiger partial charge on any atom is 0.319 e. The van der Waals surface area contributed by atoms with Crippen LogP contribution in [0.1, 0.15) is 13.3 Å². The van der Waals surface area contributed by atoms with E-state index in [-0.39, 0.29) is 30.6 Å². The van der Waals surface area contributed by atoms with Crippen molar-refractivity contribution in [1.82, 2.24) is 19.8 Å². The van der Waals surface area contributed by atoms with E-state index < -0.39 is 12.0 Å². The monoisotopic (exact) mass is 591 g/mol. The number of halogens is 3. The highest BCUT2D eigenvalue weighted by Gasteiger charge is 2.31. The molecule has 1 aromatic heterocycles. The van der Waals surface area contributed by atoms with Gasteiger partial charge in [-0.1, -0.05) is 48.5 Å². The van der Waals surface area contributed by atoms with Gasteiger partial charge in [-0.2, -0.15) is 9.97 Å². The van der Waals surface area contributed by atoms with Crippen molar-refractivity contribution >= 4 is 45.0 Å². The third-order valence-electron chi connectivity index (χ3n) is 8.32. The van der Waals surface area contributed by atoms with Crippen molar-refractivity contribution in [3.63, 3.8) is 0 Å². The normalized spacial score (nSPS) is 21.3. The van der Waals surface area contributed by atoms with Crippen LogP contribution in [0.3, 0.4) is 0 Å². The van der Waals surface area contributed by atoms with Crippen molar-refractivity contribution in [2.45, 2.75) is 31.6 Å². The smallest absolute Gasteiger partial charge is 0.319 e. The number of anilines is 1. The molecule has 0 bridgehead atoms. The summed E-state index contributed by atoms with van der Waals surface area (Å²) in [5, 5.41) is 2.72. The van der Waals surface area contributed by atoms with Crippen molar-refractivity contribution in [1.29, 1.82) is 0 Å². The molecule has 4 aromatic rings. The Morgan fingerprint density at radius 1 is 1.14 bits per heavy atom. The van der Waals surface area contributed by atoms with Gasteiger partial charge in [0.05, 0.1) is 5.52 Å². The zero-order valence-corrected chi connectivity index (χ0v) is 24.3. The van der Waals surface area contributed by atoms with Gasteiger partial charge in [-0.25, -0.2) is 8.78 Å². The summed E-state index contributed by atoms with van der Waals surface area (Å²) < 4.78 is 36.1. The number of aromatic nitrogens is 2. The zero-order valence-electron chi connectivity index (χ0n) is 23.6. The van der Waals surface area contributed by atoms with Crippen LogP contribution < -0.4 is 9.64 Å². The summed E-state index contributed by atoms with van der Waals surface area (Å²) in [6, 6.07) is 14.4. The number of nitrogens with zero attached hydrogens (tertiary/aromatic N) is 5. The summed E-state index contributed by atoms with van der Waals surface area (Å²) in [5.41, 5.74) is 1.53. The summed E-state index contributed by atoms with van der Waals surface area (Å²) in [5.74, 6) is -0.0322. The number of likely N-dealkylation sites (tertiary alicyclic amines) is 1. The Labute approximate surface area is 248 Å². The number of carbonyl (C=O) groups is 1. The van der Waals surface area contributed by atoms with Gasteiger partial charge in [-0.05, 0) is 55.6 Å². The third-order valence-corrected chi connectivity index (χ3v) is 8.63. The third kappa shape index (κ3) is 5.27. The Bertz CT molecular complexity index is 1680. The van der Waals surface area contributed by atoms with Crippen molar-refractivity contribution in [3.05, 3.63) is 72.0 Å². The molecular formula is C32H32ClF2N5O2. The molecule has 218 valence electrons. The van der Waals surface area contributed by atoms with Gasteiger partial charge in [-0.3, -0.25) is 9.69 Å². The predicted octanol–water partition coefficient (Wildman–Crippen LogP) is 5.89. The molecule has 3 atom stereocenters. The van der Waals surface area contributed by atoms with Gasteiger partial charge < -0.3 is 14.5 Å². The number of likely N-dealkylation sites (N-methyl/N-ethyl adjacent to an activating group) is 1. The summed E-state index contributed by atoms with van der Waals surface area (Å²) >= 11 is 6.58. The SMILES string of the molecule is C=CC(=O)N1CCN(c2nc(OC[C@@H]3C[C@@H](F)CN3C)nc3cc(-c4cccc5cccc(Cl)c45)c(F)cc23)[C@@H](C)C1. The van der Waals surface area contributed by atoms with Gasteiger partial charge >= 0.3 is 6.01 Å². The first-order chi connectivity index (χ1) is 20.2. The Hall–Kier alpha value is -3.82. The molecule has 0 aliphatic carbocycles. The van der Waals surface area contributed by atoms with E-state index in [9.17, 15) is 9.18 Å². The maximum absolute atomic E-state index is 16.0. The number of alkyl halides is 1. The molecule has 0 N–H and O–H groups in total. The van der Waals surface area contributed by atoms with Crippen LogP contribution in [0.25, 0.3) is 32.8 Å². The molecule has 42 heavy (non-hydrogen) atoms. The molecule has 0 spiro atoms. The average molecular weight is 592 g/mol. The molecule has 6 rings (SSSR count). The number of piperazine rings is 1. The summed E-state index contributed by atoms with van der Waals surface area (Å²) in [6.45, 7) is 7.61. The van der Waals surface area contributed by atoms with Gasteiger partial charge in [0.25, 0.3) is 0 Å². The Morgan fingerprint density at radius 2 is 1.93 bits per heavy atom. The quantitative estimate of drug-likeness (QED) is 0.261. The summed E-state index contributed by atoms with van der Waals surface area (Å²) in [4.78, 5) is 27.4. The molecule has 7 nitrogen and oxygen atoms in total. The van der Waals surface area contributed by atoms with E-state index in [1.54, 1.807) is 17.0 Å². The van der Waals surface area contributed by atoms with Crippen LogP contribution >= 0.6 is 11.6 Å². The van der Waals surface area contributed by atoms with Gasteiger partial charge in [0.15, 0.2) is 0 Å². The molecule has 3 aromatic carbocycles. The second kappa shape index (κ2) is 11.5. The maximum atomic E-state index is 16.0. The summed E-state index contributed by atoms with van der Waals surface area (Å²) in [6.07, 6.45) is 0.794. The van der Waals surface area contributed by atoms with Crippen LogP contribution in [0.5, 0.6) is 6.01 Å². The minimum atomic E-state index is -0.898. The second-order valence-corrected chi connectivity index (χ2v) is 11.5. The fourth-order valence-corrected chi connectivity index (χ4v) is 6.38. The molecule has 1 amide bonds. The molecule has 2 aliphatic rings. The van der Waals surface area contributed by atoms with E-state index in [2.05, 4.69) is 11.5 Å². The van der Waals surface area contributed by atoms with Crippen LogP contribution in [-0.2, 0) is 4.79 Å². The predicted molar refractivity (Wildman–Crippen MR) is 162 cm³/mol. The van der Waals surface area contributed by atoms with Crippen LogP contribution in [0.15, 0.2) is 61.2 Å². The first-order valence-corrected chi connectivity index (χ1v) is 14.4. The van der Waals surface area contributed by atoms with Crippen molar-refractivity contribution in [2.75, 3.05) is 44.7 Å². The number of fused-ring (bicyclic) bond motifs is 2. The van der Waals surface area contributed by atoms with Gasteiger partial charge in [0, 0.05) is 59.6 Å². The van der Waals surface area contributed by atoms with Gasteiger partial charge in [0.1, 0.15) is 24.4 Å². The van der Waals surface area contributed by atoms with Crippen molar-refractivity contribution in [3.8, 4) is 17.1 Å². The topological polar surface area (TPSA) is 61.8 Å². The molecule has 2 fully saturated rings. The number of rotatable bonds is 6. The van der Waals surface area contributed by atoms with E-state index in [1.807, 2.05) is 49.2 Å². The lowest BCUT2D eigenvalue weighted by molar-refractivity contribution is -0.126. The molecule has 10 heteroatoms. The van der Waals surface area contributed by atoms with E-state index in [4.69, 9.17) is 26.3 Å². The van der Waals surface area contributed by atoms with Crippen LogP contribution in [0.4, 0.5) is 14.6 Å². The van der Waals surface area contributed by atoms with Gasteiger partial charge in [0.2, 0.25) is 5.91 Å². The van der Waals surface area contributed by atoms with E-state index >= 15 is 4.39 Å². The lowest BCUT2D eigenvalue weighted by atomic mass is 9.96. The number of ether oxygens (including phenoxy) is 1. The molecule has 0 radical (unpaired) electrons. The average Bonchev–Trinajstić information content (AvgIpc) is 3.31. The largest absolute Gasteiger partial charge is 0.462 e. The highest BCUT2D eigenvalue weighted by Crippen LogP contribution is 2.38. The second-order valence-electron chi connectivity index (χ2n) is 11.1. The van der Waals surface area contributed by atoms with E-state index in [0.717, 1.165) is 10.8 Å². The lowest BCUT2D eigenvalue weighted by Gasteiger charge is -2.40. The fraction of sp³-hybridized carbons (Fsp3) is 0.344. The summed E-state index contributed by atoms with van der Waals surface area (Å²) in [7, 11) is 1.87. The van der Waals surface area contributed by atoms with E-state index in [1.165, 1.54) is 12.1 Å². The Morgan fingerprint density at radius 3 is 2.64 bits per heavy atom. The molecule has 0 saturated carbocycles. The first kappa shape index (κ1) is 28.3. The first-order valence-electron chi connectivity index (χ1n) is 14.1. The number of amides is 1. The highest BCUT2D eigenvalue weighted by atomic mass is 35.5. The van der Waals surface area contributed by atoms with Crippen molar-refractivity contribution < 1.29 is 18.3 Å². The zero-order chi connectivity index (χ0) is 29.5. The standard InChI is InChI=1S/C32H32ClF2N5O2/c1-4-29(41)39-11-12-40(19(2)16-39)31-25-14-27(35)24(23-9-5-7-20-8-6-10-26(33)30(20)23)15-28(25)36-32(37-31)42-18-22-13-21(34)17-38(22)3/h4-10,14-15,19,21-22H,1,11-13,16-18H2,2-3H3/t19-,21+,22-/m0/s1. The number of benzene rings is 3. The highest BCUT2D eigenvalue weighted by molar-refractivity contribution is 6.36. The minimum absolute atomic E-state index is 0.100. The van der Waals surface area contributed by atoms with Crippen LogP contribution in [0.2, 0.25) is 5.02 Å². The van der Waals surface area contributed by atoms with Crippen LogP contribution in [0, 0.1) is 5.82 Å². The molecule has 2 aliphatic heterocycles. The molecule has 2 saturated heterocycles. The fourth-order valence-electron chi connectivity index (χ4n) is 6.10. The Balaban J connectivity index is 1.45. The number of hydrogen-bond donors (Lipinski definition) is 0. The minimum Gasteiger partial charge on any atom is -0.462 e. The number of hydrogen-bond acceptors (Lipinski definition) is 6. The molecular weight excluding hydrogens is 560 g/mol. The van der Waals surface area contributed by atoms with Gasteiger partial charge in [-0.15, -0.1) is 0 Å². The molecule has 0 unspecified atom stereocenters. The Kier molecular flexibility index (Phi) is 7.72. The molecule has 3 heterocycles. The lowest BCUT2D eigenvalue weighted by Crippen LogP contribution is -2.53. The van der Waals surface area contributed by atoms with Crippen LogP contribution in [-0.4, -0.2) is 83.8 Å². The number of carbonyl (C=O) groups excluding carboxylic acids is 1. The van der Waals surface area contributed by atoms with Crippen molar-refractivity contribution in [2.24, 2.45) is 0 Å².